The Morgan fingerprint density at radius 1 is 1.21 bits per heavy atom. The molecule has 0 spiro atoms. The van der Waals surface area contributed by atoms with E-state index in [1.807, 2.05) is 44.3 Å². The van der Waals surface area contributed by atoms with Crippen molar-refractivity contribution in [2.75, 3.05) is 33.2 Å². The van der Waals surface area contributed by atoms with Crippen LogP contribution in [0, 0.1) is 11.7 Å². The fraction of sp³-hybridized carbons (Fsp3) is 0.519. The number of hydrogen-bond donors (Lipinski definition) is 3. The normalized spacial score (nSPS) is 18.1. The van der Waals surface area contributed by atoms with Crippen molar-refractivity contribution in [2.24, 2.45) is 5.92 Å². The topological polar surface area (TPSA) is 64.6 Å². The number of aryl methyl sites for hydroxylation is 1. The van der Waals surface area contributed by atoms with E-state index in [9.17, 15) is 9.90 Å². The maximum atomic E-state index is 15.3. The number of likely N-dealkylation sites (tertiary alicyclic amines) is 1. The summed E-state index contributed by atoms with van der Waals surface area (Å²) in [5, 5.41) is 18.1. The van der Waals surface area contributed by atoms with Gasteiger partial charge in [0, 0.05) is 37.7 Å². The number of hydrogen-bond acceptors (Lipinski definition) is 3. The van der Waals surface area contributed by atoms with Gasteiger partial charge >= 0.3 is 6.03 Å². The van der Waals surface area contributed by atoms with Gasteiger partial charge in [-0.2, -0.15) is 0 Å². The zero-order valence-corrected chi connectivity index (χ0v) is 20.2. The number of halogens is 1. The molecule has 1 saturated heterocycles. The van der Waals surface area contributed by atoms with Gasteiger partial charge in [0.25, 0.3) is 0 Å². The van der Waals surface area contributed by atoms with Crippen LogP contribution in [0.3, 0.4) is 0 Å². The van der Waals surface area contributed by atoms with E-state index in [0.29, 0.717) is 43.7 Å². The Hall–Kier alpha value is -2.44. The predicted molar refractivity (Wildman–Crippen MR) is 132 cm³/mol. The summed E-state index contributed by atoms with van der Waals surface area (Å²) in [4.78, 5) is 14.5. The van der Waals surface area contributed by atoms with Crippen molar-refractivity contribution in [3.8, 4) is 11.1 Å². The summed E-state index contributed by atoms with van der Waals surface area (Å²) in [7, 11) is 1.85. The van der Waals surface area contributed by atoms with Crippen molar-refractivity contribution in [3.63, 3.8) is 0 Å². The predicted octanol–water partition coefficient (Wildman–Crippen LogP) is 4.68. The largest absolute Gasteiger partial charge is 0.385 e. The Labute approximate surface area is 197 Å². The number of piperidine rings is 1. The maximum Gasteiger partial charge on any atom is 0.317 e. The Balaban J connectivity index is 1.98. The van der Waals surface area contributed by atoms with Gasteiger partial charge in [0.15, 0.2) is 0 Å². The first-order chi connectivity index (χ1) is 15.9. The zero-order valence-electron chi connectivity index (χ0n) is 20.2. The minimum Gasteiger partial charge on any atom is -0.385 e. The van der Waals surface area contributed by atoms with Crippen molar-refractivity contribution in [1.82, 2.24) is 15.5 Å². The first kappa shape index (κ1) is 25.2. The summed E-state index contributed by atoms with van der Waals surface area (Å²) in [6, 6.07) is 12.8. The lowest BCUT2D eigenvalue weighted by atomic mass is 9.72. The highest BCUT2D eigenvalue weighted by Gasteiger charge is 2.42. The molecule has 0 radical (unpaired) electrons. The number of likely N-dealkylation sites (N-methyl/N-ethyl adjacent to an activating group) is 1. The summed E-state index contributed by atoms with van der Waals surface area (Å²) < 4.78 is 15.3. The number of benzene rings is 2. The van der Waals surface area contributed by atoms with E-state index in [-0.39, 0.29) is 17.8 Å². The minimum absolute atomic E-state index is 0.107. The van der Waals surface area contributed by atoms with Crippen molar-refractivity contribution in [2.45, 2.75) is 51.6 Å². The number of rotatable bonds is 9. The first-order valence-electron chi connectivity index (χ1n) is 12.2. The Morgan fingerprint density at radius 3 is 2.73 bits per heavy atom. The van der Waals surface area contributed by atoms with Gasteiger partial charge in [-0.1, -0.05) is 56.7 Å². The molecule has 2 aromatic carbocycles. The number of nitrogens with zero attached hydrogens (tertiary/aromatic N) is 1. The molecule has 0 unspecified atom stereocenters. The van der Waals surface area contributed by atoms with Gasteiger partial charge < -0.3 is 20.6 Å². The maximum absolute atomic E-state index is 15.3. The molecule has 0 aromatic heterocycles. The second-order valence-corrected chi connectivity index (χ2v) is 9.01. The van der Waals surface area contributed by atoms with Crippen molar-refractivity contribution in [3.05, 3.63) is 59.4 Å². The molecule has 3 rings (SSSR count). The summed E-state index contributed by atoms with van der Waals surface area (Å²) in [5.74, 6) is -0.496. The minimum atomic E-state index is -1.22. The molecule has 0 aliphatic carbocycles. The molecular weight excluding hydrogens is 417 g/mol. The fourth-order valence-corrected chi connectivity index (χ4v) is 5.02. The lowest BCUT2D eigenvalue weighted by Gasteiger charge is -2.43. The monoisotopic (exact) mass is 455 g/mol. The molecule has 2 amide bonds. The second-order valence-electron chi connectivity index (χ2n) is 9.01. The van der Waals surface area contributed by atoms with Crippen molar-refractivity contribution < 1.29 is 14.3 Å². The number of urea groups is 1. The van der Waals surface area contributed by atoms with E-state index in [1.54, 1.807) is 11.0 Å². The molecule has 33 heavy (non-hydrogen) atoms. The van der Waals surface area contributed by atoms with Crippen LogP contribution in [-0.4, -0.2) is 49.3 Å². The summed E-state index contributed by atoms with van der Waals surface area (Å²) in [6.07, 6.45) is 3.73. The molecule has 1 aliphatic heterocycles. The van der Waals surface area contributed by atoms with Gasteiger partial charge in [-0.3, -0.25) is 0 Å². The number of carbonyl (C=O) groups is 1. The van der Waals surface area contributed by atoms with Gasteiger partial charge in [0.1, 0.15) is 5.82 Å². The van der Waals surface area contributed by atoms with Crippen LogP contribution in [0.25, 0.3) is 11.1 Å². The van der Waals surface area contributed by atoms with Crippen LogP contribution < -0.4 is 10.6 Å². The highest BCUT2D eigenvalue weighted by Crippen LogP contribution is 2.44. The zero-order chi connectivity index (χ0) is 23.8. The summed E-state index contributed by atoms with van der Waals surface area (Å²) in [6.45, 7) is 6.48. The molecule has 6 heteroatoms. The smallest absolute Gasteiger partial charge is 0.317 e. The van der Waals surface area contributed by atoms with Gasteiger partial charge in [0.05, 0.1) is 5.60 Å². The van der Waals surface area contributed by atoms with Crippen LogP contribution in [0.1, 0.15) is 50.7 Å². The SMILES string of the molecule is CCC[C@@](O)(c1cccc(F)c1-c1cccc(CC)c1)[C@@H]1CCCN(C(=O)NCCNC)C1. The van der Waals surface area contributed by atoms with Crippen LogP contribution in [0.5, 0.6) is 0 Å². The van der Waals surface area contributed by atoms with Crippen LogP contribution in [0.2, 0.25) is 0 Å². The molecule has 1 fully saturated rings. The third-order valence-corrected chi connectivity index (χ3v) is 6.77. The average molecular weight is 456 g/mol. The Morgan fingerprint density at radius 2 is 2.00 bits per heavy atom. The van der Waals surface area contributed by atoms with E-state index >= 15 is 4.39 Å². The van der Waals surface area contributed by atoms with Crippen LogP contribution in [0.4, 0.5) is 9.18 Å². The van der Waals surface area contributed by atoms with Crippen LogP contribution in [-0.2, 0) is 12.0 Å². The van der Waals surface area contributed by atoms with Crippen molar-refractivity contribution in [1.29, 1.82) is 0 Å². The third-order valence-electron chi connectivity index (χ3n) is 6.77. The number of carbonyl (C=O) groups excluding carboxylic acids is 1. The van der Waals surface area contributed by atoms with Gasteiger partial charge in [0.2, 0.25) is 0 Å². The number of amides is 2. The van der Waals surface area contributed by atoms with E-state index < -0.39 is 5.60 Å². The molecule has 0 saturated carbocycles. The molecule has 2 aromatic rings. The second kappa shape index (κ2) is 11.6. The summed E-state index contributed by atoms with van der Waals surface area (Å²) >= 11 is 0. The van der Waals surface area contributed by atoms with E-state index in [4.69, 9.17) is 0 Å². The quantitative estimate of drug-likeness (QED) is 0.481. The standard InChI is InChI=1S/C27H38FN3O2/c1-4-14-27(33,22-11-8-17-31(19-22)26(32)30-16-15-29-3)23-12-7-13-24(28)25(23)21-10-6-9-20(5-2)18-21/h6-7,9-10,12-13,18,22,29,33H,4-5,8,11,14-17,19H2,1-3H3,(H,30,32)/t22-,27+/m1/s1. The van der Waals surface area contributed by atoms with E-state index in [2.05, 4.69) is 17.6 Å². The van der Waals surface area contributed by atoms with Crippen molar-refractivity contribution >= 4 is 6.03 Å². The molecule has 1 aliphatic rings. The molecule has 180 valence electrons. The highest BCUT2D eigenvalue weighted by atomic mass is 19.1. The average Bonchev–Trinajstić information content (AvgIpc) is 2.84. The lowest BCUT2D eigenvalue weighted by molar-refractivity contribution is -0.0541. The Kier molecular flexibility index (Phi) is 8.87. The Bertz CT molecular complexity index is 935. The van der Waals surface area contributed by atoms with Gasteiger partial charge in [-0.05, 0) is 55.5 Å². The van der Waals surface area contributed by atoms with E-state index in [1.165, 1.54) is 6.07 Å². The number of aliphatic hydroxyl groups is 1. The van der Waals surface area contributed by atoms with E-state index in [0.717, 1.165) is 36.8 Å². The molecule has 2 atom stereocenters. The molecule has 5 nitrogen and oxygen atoms in total. The van der Waals surface area contributed by atoms with Crippen LogP contribution >= 0.6 is 0 Å². The molecular formula is C27H38FN3O2. The third kappa shape index (κ3) is 5.74. The molecule has 3 N–H and O–H groups in total. The number of nitrogens with one attached hydrogen (secondary N) is 2. The van der Waals surface area contributed by atoms with Crippen LogP contribution in [0.15, 0.2) is 42.5 Å². The van der Waals surface area contributed by atoms with Gasteiger partial charge in [-0.25, -0.2) is 9.18 Å². The first-order valence-corrected chi connectivity index (χ1v) is 12.2. The van der Waals surface area contributed by atoms with Gasteiger partial charge in [-0.15, -0.1) is 0 Å². The summed E-state index contributed by atoms with van der Waals surface area (Å²) in [5.41, 5.74) is 1.79. The molecule has 0 bridgehead atoms. The highest BCUT2D eigenvalue weighted by molar-refractivity contribution is 5.74. The lowest BCUT2D eigenvalue weighted by Crippen LogP contribution is -2.51. The molecule has 1 heterocycles. The fourth-order valence-electron chi connectivity index (χ4n) is 5.02.